The Morgan fingerprint density at radius 3 is 2.56 bits per heavy atom. The van der Waals surface area contributed by atoms with E-state index in [1.54, 1.807) is 30.2 Å². The molecule has 186 valence electrons. The summed E-state index contributed by atoms with van der Waals surface area (Å²) >= 11 is 5.93. The number of methoxy groups -OCH3 is 1. The van der Waals surface area contributed by atoms with Crippen molar-refractivity contribution in [3.63, 3.8) is 0 Å². The van der Waals surface area contributed by atoms with Gasteiger partial charge in [-0.3, -0.25) is 14.2 Å². The van der Waals surface area contributed by atoms with Crippen LogP contribution in [0.3, 0.4) is 0 Å². The topological polar surface area (TPSA) is 78.1 Å². The minimum atomic E-state index is -0.481. The first kappa shape index (κ1) is 23.9. The molecule has 1 amide bonds. The number of halogens is 2. The largest absolute Gasteiger partial charge is 0.494 e. The lowest BCUT2D eigenvalue weighted by atomic mass is 10.1. The van der Waals surface area contributed by atoms with Crippen molar-refractivity contribution < 1.29 is 18.7 Å². The maximum atomic E-state index is 13.7. The maximum absolute atomic E-state index is 13.7. The van der Waals surface area contributed by atoms with E-state index >= 15 is 0 Å². The molecule has 1 fully saturated rings. The zero-order valence-electron chi connectivity index (χ0n) is 19.8. The molecule has 0 saturated carbocycles. The molecule has 2 aromatic carbocycles. The molecule has 1 aliphatic heterocycles. The molecule has 8 nitrogen and oxygen atoms in total. The van der Waals surface area contributed by atoms with E-state index < -0.39 is 11.4 Å². The van der Waals surface area contributed by atoms with Gasteiger partial charge in [0.25, 0.3) is 11.5 Å². The Labute approximate surface area is 211 Å². The van der Waals surface area contributed by atoms with Crippen molar-refractivity contribution in [2.24, 2.45) is 0 Å². The van der Waals surface area contributed by atoms with Gasteiger partial charge in [-0.2, -0.15) is 5.10 Å². The lowest BCUT2D eigenvalue weighted by Crippen LogP contribution is -2.42. The highest BCUT2D eigenvalue weighted by atomic mass is 35.5. The number of amides is 1. The molecule has 3 heterocycles. The predicted molar refractivity (Wildman–Crippen MR) is 133 cm³/mol. The van der Waals surface area contributed by atoms with Crippen LogP contribution in [0.2, 0.25) is 5.02 Å². The summed E-state index contributed by atoms with van der Waals surface area (Å²) in [5, 5.41) is 4.94. The van der Waals surface area contributed by atoms with Crippen LogP contribution in [-0.4, -0.2) is 51.3 Å². The van der Waals surface area contributed by atoms with E-state index in [4.69, 9.17) is 21.1 Å². The summed E-state index contributed by atoms with van der Waals surface area (Å²) in [6, 6.07) is 11.1. The van der Waals surface area contributed by atoms with Crippen molar-refractivity contribution in [3.8, 4) is 17.2 Å². The lowest BCUT2D eigenvalue weighted by molar-refractivity contribution is 0.0597. The molecule has 36 heavy (non-hydrogen) atoms. The van der Waals surface area contributed by atoms with Gasteiger partial charge in [0.05, 0.1) is 30.3 Å². The van der Waals surface area contributed by atoms with E-state index in [0.29, 0.717) is 42.3 Å². The molecular weight excluding hydrogens is 487 g/mol. The van der Waals surface area contributed by atoms with Gasteiger partial charge in [-0.25, -0.2) is 8.91 Å². The Balaban J connectivity index is 1.41. The predicted octanol–water partition coefficient (Wildman–Crippen LogP) is 4.28. The molecule has 2 aromatic heterocycles. The van der Waals surface area contributed by atoms with Gasteiger partial charge < -0.3 is 14.4 Å². The normalized spacial score (nSPS) is 14.3. The van der Waals surface area contributed by atoms with Crippen LogP contribution in [0.4, 0.5) is 4.39 Å². The molecule has 0 radical (unpaired) electrons. The van der Waals surface area contributed by atoms with E-state index in [1.807, 2.05) is 12.1 Å². The summed E-state index contributed by atoms with van der Waals surface area (Å²) in [4.78, 5) is 28.7. The van der Waals surface area contributed by atoms with Crippen LogP contribution in [0.25, 0.3) is 11.2 Å². The molecule has 1 saturated heterocycles. The Kier molecular flexibility index (Phi) is 6.40. The minimum Gasteiger partial charge on any atom is -0.494 e. The molecule has 0 aliphatic carbocycles. The van der Waals surface area contributed by atoms with Crippen molar-refractivity contribution in [2.45, 2.75) is 25.9 Å². The van der Waals surface area contributed by atoms with Crippen molar-refractivity contribution in [3.05, 3.63) is 87.3 Å². The number of aromatic nitrogens is 3. The van der Waals surface area contributed by atoms with Crippen molar-refractivity contribution >= 4 is 23.0 Å². The van der Waals surface area contributed by atoms with Gasteiger partial charge in [-0.1, -0.05) is 11.6 Å². The number of hydrogen-bond donors (Lipinski definition) is 0. The van der Waals surface area contributed by atoms with E-state index in [0.717, 1.165) is 5.75 Å². The maximum Gasteiger partial charge on any atom is 0.282 e. The number of carbonyl (C=O) groups excluding carboxylic acids is 1. The van der Waals surface area contributed by atoms with Crippen LogP contribution in [0.15, 0.2) is 59.7 Å². The van der Waals surface area contributed by atoms with Crippen LogP contribution >= 0.6 is 11.6 Å². The summed E-state index contributed by atoms with van der Waals surface area (Å²) < 4.78 is 27.8. The van der Waals surface area contributed by atoms with E-state index in [2.05, 4.69) is 5.10 Å². The number of piperidine rings is 1. The third kappa shape index (κ3) is 4.42. The zero-order chi connectivity index (χ0) is 25.4. The van der Waals surface area contributed by atoms with Gasteiger partial charge in [0.15, 0.2) is 0 Å². The number of ether oxygens (including phenoxy) is 2. The Hall–Kier alpha value is -3.85. The summed E-state index contributed by atoms with van der Waals surface area (Å²) in [7, 11) is 1.41. The first-order chi connectivity index (χ1) is 17.4. The van der Waals surface area contributed by atoms with Crippen LogP contribution < -0.4 is 15.0 Å². The molecule has 0 spiro atoms. The molecule has 0 unspecified atom stereocenters. The Morgan fingerprint density at radius 1 is 1.14 bits per heavy atom. The fourth-order valence-electron chi connectivity index (χ4n) is 4.47. The Bertz CT molecular complexity index is 1490. The van der Waals surface area contributed by atoms with Crippen LogP contribution in [0.1, 0.15) is 28.9 Å². The summed E-state index contributed by atoms with van der Waals surface area (Å²) in [6.07, 6.45) is 4.30. The van der Waals surface area contributed by atoms with E-state index in [1.165, 1.54) is 40.6 Å². The van der Waals surface area contributed by atoms with Gasteiger partial charge >= 0.3 is 0 Å². The second-order valence-corrected chi connectivity index (χ2v) is 9.08. The number of benzene rings is 2. The molecule has 5 rings (SSSR count). The van der Waals surface area contributed by atoms with Gasteiger partial charge in [-0.15, -0.1) is 0 Å². The smallest absolute Gasteiger partial charge is 0.282 e. The molecule has 4 aromatic rings. The third-order valence-corrected chi connectivity index (χ3v) is 6.57. The quantitative estimate of drug-likeness (QED) is 0.400. The SMILES string of the molecule is COc1cc(F)ccc1-n1cc(C)n2ncc(C(=O)N3CCC(Oc4ccc(Cl)cc4)CC3)c2c1=O. The van der Waals surface area contributed by atoms with Gasteiger partial charge in [0.1, 0.15) is 28.9 Å². The molecule has 0 atom stereocenters. The standard InChI is InChI=1S/C26H24ClFN4O4/c1-16-15-31(22-8-5-18(28)13-23(22)35-2)26(34)24-21(14-29-32(16)24)25(33)30-11-9-20(10-12-30)36-19-6-3-17(27)4-7-19/h3-8,13-15,20H,9-12H2,1-2H3. The third-order valence-electron chi connectivity index (χ3n) is 6.32. The second kappa shape index (κ2) is 9.66. The number of hydrogen-bond acceptors (Lipinski definition) is 5. The first-order valence-electron chi connectivity index (χ1n) is 11.5. The van der Waals surface area contributed by atoms with Crippen LogP contribution in [-0.2, 0) is 0 Å². The highest BCUT2D eigenvalue weighted by Crippen LogP contribution is 2.25. The second-order valence-electron chi connectivity index (χ2n) is 8.64. The fourth-order valence-corrected chi connectivity index (χ4v) is 4.60. The number of carbonyl (C=O) groups is 1. The highest BCUT2D eigenvalue weighted by molar-refractivity contribution is 6.30. The average molecular weight is 511 g/mol. The number of aryl methyl sites for hydroxylation is 1. The Morgan fingerprint density at radius 2 is 1.86 bits per heavy atom. The molecule has 10 heteroatoms. The summed E-state index contributed by atoms with van der Waals surface area (Å²) in [6.45, 7) is 2.75. The number of rotatable bonds is 5. The molecular formula is C26H24ClFN4O4. The average Bonchev–Trinajstić information content (AvgIpc) is 3.34. The highest BCUT2D eigenvalue weighted by Gasteiger charge is 2.28. The number of nitrogens with zero attached hydrogens (tertiary/aromatic N) is 4. The monoisotopic (exact) mass is 510 g/mol. The van der Waals surface area contributed by atoms with Crippen molar-refractivity contribution in [1.82, 2.24) is 19.1 Å². The van der Waals surface area contributed by atoms with Crippen molar-refractivity contribution in [1.29, 1.82) is 0 Å². The molecule has 0 N–H and O–H groups in total. The number of fused-ring (bicyclic) bond motifs is 1. The summed E-state index contributed by atoms with van der Waals surface area (Å²) in [5.41, 5.74) is 0.924. The van der Waals surface area contributed by atoms with Gasteiger partial charge in [0, 0.05) is 43.2 Å². The molecule has 0 bridgehead atoms. The number of likely N-dealkylation sites (tertiary alicyclic amines) is 1. The molecule has 1 aliphatic rings. The summed E-state index contributed by atoms with van der Waals surface area (Å²) in [5.74, 6) is 0.190. The van der Waals surface area contributed by atoms with E-state index in [9.17, 15) is 14.0 Å². The van der Waals surface area contributed by atoms with Gasteiger partial charge in [0.2, 0.25) is 0 Å². The van der Waals surface area contributed by atoms with E-state index in [-0.39, 0.29) is 28.8 Å². The van der Waals surface area contributed by atoms with Crippen molar-refractivity contribution in [2.75, 3.05) is 20.2 Å². The first-order valence-corrected chi connectivity index (χ1v) is 11.9. The minimum absolute atomic E-state index is 0.0236. The zero-order valence-corrected chi connectivity index (χ0v) is 20.5. The fraction of sp³-hybridized carbons (Fsp3) is 0.269. The van der Waals surface area contributed by atoms with Gasteiger partial charge in [-0.05, 0) is 43.3 Å². The van der Waals surface area contributed by atoms with Crippen LogP contribution in [0, 0.1) is 12.7 Å². The lowest BCUT2D eigenvalue weighted by Gasteiger charge is -2.32. The van der Waals surface area contributed by atoms with Crippen LogP contribution in [0.5, 0.6) is 11.5 Å².